The van der Waals surface area contributed by atoms with Crippen LogP contribution in [0.2, 0.25) is 0 Å². The summed E-state index contributed by atoms with van der Waals surface area (Å²) >= 11 is 0. The lowest BCUT2D eigenvalue weighted by atomic mass is 10.2. The van der Waals surface area contributed by atoms with Gasteiger partial charge in [-0.15, -0.1) is 0 Å². The Kier molecular flexibility index (Phi) is 14.3. The predicted octanol–water partition coefficient (Wildman–Crippen LogP) is 4.14. The molecular formula is C46H50N12O11. The highest BCUT2D eigenvalue weighted by atomic mass is 16.5. The molecule has 4 N–H and O–H groups in total. The third-order valence-corrected chi connectivity index (χ3v) is 11.2. The number of carboxylic acid groups (broad SMARTS) is 2. The van der Waals surface area contributed by atoms with Crippen molar-refractivity contribution in [2.45, 2.75) is 66.7 Å². The normalized spacial score (nSPS) is 12.5. The number of fused-ring (bicyclic) bond motifs is 2. The van der Waals surface area contributed by atoms with Gasteiger partial charge in [0.15, 0.2) is 0 Å². The van der Waals surface area contributed by atoms with Crippen LogP contribution in [0, 0.1) is 13.8 Å². The van der Waals surface area contributed by atoms with E-state index < -0.39 is 35.6 Å². The molecule has 360 valence electrons. The molecule has 1 aliphatic rings. The van der Waals surface area contributed by atoms with Crippen molar-refractivity contribution in [1.29, 1.82) is 0 Å². The smallest absolute Gasteiger partial charge is 0.335 e. The van der Waals surface area contributed by atoms with Gasteiger partial charge in [-0.3, -0.25) is 48.9 Å². The molecule has 7 rings (SSSR count). The number of nitrogens with one attached hydrogen (secondary N) is 2. The molecule has 6 aromatic rings. The van der Waals surface area contributed by atoms with Crippen molar-refractivity contribution in [3.63, 3.8) is 0 Å². The van der Waals surface area contributed by atoms with E-state index in [9.17, 15) is 43.8 Å². The molecule has 0 atom stereocenters. The first-order valence-electron chi connectivity index (χ1n) is 21.9. The maximum atomic E-state index is 13.8. The summed E-state index contributed by atoms with van der Waals surface area (Å²) in [4.78, 5) is 100. The van der Waals surface area contributed by atoms with Crippen LogP contribution in [0.4, 0.5) is 11.9 Å². The first-order valence-corrected chi connectivity index (χ1v) is 21.9. The maximum Gasteiger partial charge on any atom is 0.335 e. The molecule has 0 radical (unpaired) electrons. The number of aryl methyl sites for hydroxylation is 4. The standard InChI is InChI=1S/C46H50N12O11/c1-7-57-32(20-26(3)51-57)41(62)49-45-47-30-22-28(43(64)65)24-34(68-6)39(30)55(45)16-9-10-17-56-40-31(48-46(56)50-42(63)33-21-27(4)52-58(33)8-2)23-29(44(66)67)25-35(40)69-19-11-15-53(5)36(59)14-18-54-37(60)12-13-38(54)61/h9-10,12-13,20-25H,7-8,11,14-19H2,1-6H3,(H,64,65)(H,66,67)(H,47,49,62)(H,48,50,63)/b10-9+. The Hall–Kier alpha value is -8.63. The van der Waals surface area contributed by atoms with Crippen LogP contribution in [-0.4, -0.2) is 134 Å². The third kappa shape index (κ3) is 10.4. The molecule has 0 unspecified atom stereocenters. The molecule has 23 heteroatoms. The minimum atomic E-state index is -1.25. The molecular weight excluding hydrogens is 897 g/mol. The van der Waals surface area contributed by atoms with Gasteiger partial charge in [0.2, 0.25) is 17.8 Å². The highest BCUT2D eigenvalue weighted by Crippen LogP contribution is 2.33. The largest absolute Gasteiger partial charge is 0.494 e. The number of anilines is 2. The second-order valence-corrected chi connectivity index (χ2v) is 15.9. The summed E-state index contributed by atoms with van der Waals surface area (Å²) < 4.78 is 18.2. The van der Waals surface area contributed by atoms with Crippen LogP contribution in [0.25, 0.3) is 22.1 Å². The molecule has 4 aromatic heterocycles. The van der Waals surface area contributed by atoms with Crippen LogP contribution in [-0.2, 0) is 40.6 Å². The molecule has 0 saturated heterocycles. The number of imidazole rings is 2. The van der Waals surface area contributed by atoms with Gasteiger partial charge in [-0.2, -0.15) is 10.2 Å². The number of carboxylic acids is 2. The Morgan fingerprint density at radius 1 is 0.725 bits per heavy atom. The molecule has 2 aromatic carbocycles. The Labute approximate surface area is 393 Å². The number of rotatable bonds is 21. The highest BCUT2D eigenvalue weighted by molar-refractivity contribution is 6.13. The number of nitrogens with zero attached hydrogens (tertiary/aromatic N) is 10. The van der Waals surface area contributed by atoms with Crippen molar-refractivity contribution in [2.24, 2.45) is 0 Å². The number of methoxy groups -OCH3 is 1. The van der Waals surface area contributed by atoms with Crippen LogP contribution in [0.1, 0.15) is 79.8 Å². The fourth-order valence-corrected chi connectivity index (χ4v) is 7.81. The number of imide groups is 1. The molecule has 0 fully saturated rings. The molecule has 23 nitrogen and oxygen atoms in total. The number of amides is 5. The van der Waals surface area contributed by atoms with Gasteiger partial charge in [0.1, 0.15) is 33.9 Å². The van der Waals surface area contributed by atoms with E-state index in [0.29, 0.717) is 41.9 Å². The van der Waals surface area contributed by atoms with Crippen molar-refractivity contribution in [2.75, 3.05) is 44.5 Å². The van der Waals surface area contributed by atoms with Crippen LogP contribution in [0.15, 0.2) is 60.7 Å². The minimum Gasteiger partial charge on any atom is -0.494 e. The summed E-state index contributed by atoms with van der Waals surface area (Å²) in [5.41, 5.74) is 2.74. The maximum absolute atomic E-state index is 13.8. The number of hydrogen-bond donors (Lipinski definition) is 4. The van der Waals surface area contributed by atoms with Crippen molar-refractivity contribution in [3.05, 3.63) is 94.6 Å². The molecule has 0 aliphatic carbocycles. The quantitative estimate of drug-likeness (QED) is 0.0448. The van der Waals surface area contributed by atoms with Gasteiger partial charge in [0.05, 0.1) is 47.3 Å². The second kappa shape index (κ2) is 20.5. The SMILES string of the molecule is CCn1nc(C)cc1C(=O)Nc1nc2cc(C(=O)O)cc(OC)c2n1C/C=C/Cn1c(NC(=O)c2cc(C)nn2CC)nc2cc(C(=O)O)cc(OCCCN(C)C(=O)CCN3C(=O)C=CC3=O)c21. The van der Waals surface area contributed by atoms with Crippen molar-refractivity contribution in [3.8, 4) is 11.5 Å². The fourth-order valence-electron chi connectivity index (χ4n) is 7.81. The fraction of sp³-hybridized carbons (Fsp3) is 0.326. The summed E-state index contributed by atoms with van der Waals surface area (Å²) in [5, 5.41) is 34.4. The number of aromatic carboxylic acids is 2. The topological polar surface area (TPSA) is 280 Å². The van der Waals surface area contributed by atoms with E-state index in [2.05, 4.69) is 30.8 Å². The monoisotopic (exact) mass is 946 g/mol. The lowest BCUT2D eigenvalue weighted by Crippen LogP contribution is -2.36. The number of carbonyl (C=O) groups is 7. The van der Waals surface area contributed by atoms with E-state index in [4.69, 9.17) is 9.47 Å². The average molecular weight is 947 g/mol. The lowest BCUT2D eigenvalue weighted by Gasteiger charge is -2.19. The van der Waals surface area contributed by atoms with Crippen LogP contribution in [0.3, 0.4) is 0 Å². The van der Waals surface area contributed by atoms with Crippen molar-refractivity contribution >= 4 is 75.4 Å². The number of allylic oxidation sites excluding steroid dienone is 2. The van der Waals surface area contributed by atoms with Crippen molar-refractivity contribution < 1.29 is 53.2 Å². The summed E-state index contributed by atoms with van der Waals surface area (Å²) in [6, 6.07) is 8.70. The zero-order valence-corrected chi connectivity index (χ0v) is 38.7. The molecule has 0 bridgehead atoms. The molecule has 5 heterocycles. The second-order valence-electron chi connectivity index (χ2n) is 15.9. The van der Waals surface area contributed by atoms with Gasteiger partial charge in [0, 0.05) is 64.9 Å². The summed E-state index contributed by atoms with van der Waals surface area (Å²) in [6.45, 7) is 8.31. The highest BCUT2D eigenvalue weighted by Gasteiger charge is 2.26. The Balaban J connectivity index is 1.20. The average Bonchev–Trinajstić information content (AvgIpc) is 4.14. The van der Waals surface area contributed by atoms with Crippen molar-refractivity contribution in [1.82, 2.24) is 48.5 Å². The summed E-state index contributed by atoms with van der Waals surface area (Å²) in [7, 11) is 2.97. The lowest BCUT2D eigenvalue weighted by molar-refractivity contribution is -0.138. The number of hydrogen-bond acceptors (Lipinski definition) is 13. The number of ether oxygens (including phenoxy) is 2. The number of aromatic nitrogens is 8. The first kappa shape index (κ1) is 48.3. The third-order valence-electron chi connectivity index (χ3n) is 11.2. The van der Waals surface area contributed by atoms with Gasteiger partial charge in [0.25, 0.3) is 23.6 Å². The summed E-state index contributed by atoms with van der Waals surface area (Å²) in [5.74, 6) is -4.30. The number of carbonyl (C=O) groups excluding carboxylic acids is 5. The zero-order valence-electron chi connectivity index (χ0n) is 38.7. The Bertz CT molecular complexity index is 3080. The van der Waals surface area contributed by atoms with Crippen LogP contribution in [0.5, 0.6) is 11.5 Å². The van der Waals surface area contributed by atoms with Gasteiger partial charge in [-0.25, -0.2) is 19.6 Å². The Morgan fingerprint density at radius 3 is 1.67 bits per heavy atom. The number of benzene rings is 2. The van der Waals surface area contributed by atoms with Gasteiger partial charge < -0.3 is 33.7 Å². The van der Waals surface area contributed by atoms with E-state index in [0.717, 1.165) is 17.1 Å². The molecule has 1 aliphatic heterocycles. The molecule has 5 amide bonds. The molecule has 0 saturated carbocycles. The van der Waals surface area contributed by atoms with E-state index in [-0.39, 0.29) is 102 Å². The van der Waals surface area contributed by atoms with Crippen LogP contribution < -0.4 is 20.1 Å². The predicted molar refractivity (Wildman–Crippen MR) is 248 cm³/mol. The minimum absolute atomic E-state index is 0.0206. The molecule has 69 heavy (non-hydrogen) atoms. The van der Waals surface area contributed by atoms with Gasteiger partial charge in [-0.05, 0) is 70.5 Å². The van der Waals surface area contributed by atoms with E-state index in [1.54, 1.807) is 59.0 Å². The van der Waals surface area contributed by atoms with Gasteiger partial charge >= 0.3 is 11.9 Å². The van der Waals surface area contributed by atoms with E-state index in [1.807, 2.05) is 13.8 Å². The van der Waals surface area contributed by atoms with Gasteiger partial charge in [-0.1, -0.05) is 12.2 Å². The molecule has 0 spiro atoms. The van der Waals surface area contributed by atoms with E-state index in [1.165, 1.54) is 41.0 Å². The van der Waals surface area contributed by atoms with Crippen LogP contribution >= 0.6 is 0 Å². The Morgan fingerprint density at radius 2 is 1.20 bits per heavy atom. The first-order chi connectivity index (χ1) is 33.0. The van der Waals surface area contributed by atoms with E-state index >= 15 is 0 Å². The zero-order chi connectivity index (χ0) is 49.7. The summed E-state index contributed by atoms with van der Waals surface area (Å²) in [6.07, 6.45) is 6.03.